The van der Waals surface area contributed by atoms with E-state index < -0.39 is 0 Å². The summed E-state index contributed by atoms with van der Waals surface area (Å²) in [7, 11) is 0. The van der Waals surface area contributed by atoms with Gasteiger partial charge in [-0.3, -0.25) is 4.79 Å². The molecule has 1 N–H and O–H groups in total. The van der Waals surface area contributed by atoms with E-state index in [-0.39, 0.29) is 5.91 Å². The molecular weight excluding hydrogens is 250 g/mol. The van der Waals surface area contributed by atoms with Gasteiger partial charge in [-0.15, -0.1) is 0 Å². The first-order chi connectivity index (χ1) is 9.56. The Kier molecular flexibility index (Phi) is 4.25. The van der Waals surface area contributed by atoms with Gasteiger partial charge in [0.05, 0.1) is 11.4 Å². The van der Waals surface area contributed by atoms with Crippen molar-refractivity contribution in [2.24, 2.45) is 10.2 Å². The zero-order chi connectivity index (χ0) is 14.5. The van der Waals surface area contributed by atoms with E-state index in [1.165, 1.54) is 6.92 Å². The summed E-state index contributed by atoms with van der Waals surface area (Å²) >= 11 is 0. The van der Waals surface area contributed by atoms with Crippen molar-refractivity contribution in [3.63, 3.8) is 0 Å². The number of nitrogens with zero attached hydrogens (tertiary/aromatic N) is 2. The molecule has 0 aliphatic carbocycles. The van der Waals surface area contributed by atoms with Gasteiger partial charge in [0.15, 0.2) is 0 Å². The number of carbonyl (C=O) groups is 1. The molecule has 4 heteroatoms. The predicted molar refractivity (Wildman–Crippen MR) is 80.8 cm³/mol. The van der Waals surface area contributed by atoms with E-state index in [0.717, 1.165) is 28.2 Å². The van der Waals surface area contributed by atoms with Crippen molar-refractivity contribution in [3.8, 4) is 0 Å². The normalized spacial score (nSPS) is 10.8. The molecule has 1 amide bonds. The number of azo groups is 1. The van der Waals surface area contributed by atoms with Crippen molar-refractivity contribution in [2.75, 3.05) is 5.32 Å². The van der Waals surface area contributed by atoms with Gasteiger partial charge in [-0.1, -0.05) is 18.2 Å². The van der Waals surface area contributed by atoms with Gasteiger partial charge in [-0.25, -0.2) is 0 Å². The zero-order valence-electron chi connectivity index (χ0n) is 11.8. The lowest BCUT2D eigenvalue weighted by Gasteiger charge is -2.06. The fourth-order valence-electron chi connectivity index (χ4n) is 1.83. The molecule has 2 aromatic carbocycles. The van der Waals surface area contributed by atoms with Crippen LogP contribution in [0.4, 0.5) is 17.1 Å². The van der Waals surface area contributed by atoms with E-state index in [1.54, 1.807) is 0 Å². The second-order valence-corrected chi connectivity index (χ2v) is 4.67. The van der Waals surface area contributed by atoms with Crippen molar-refractivity contribution < 1.29 is 4.79 Å². The van der Waals surface area contributed by atoms with Crippen LogP contribution in [0.3, 0.4) is 0 Å². The molecule has 0 saturated carbocycles. The van der Waals surface area contributed by atoms with E-state index in [2.05, 4.69) is 15.5 Å². The van der Waals surface area contributed by atoms with E-state index >= 15 is 0 Å². The lowest BCUT2D eigenvalue weighted by atomic mass is 10.2. The molecule has 102 valence electrons. The number of hydrogen-bond donors (Lipinski definition) is 1. The van der Waals surface area contributed by atoms with Crippen molar-refractivity contribution in [1.82, 2.24) is 0 Å². The van der Waals surface area contributed by atoms with Gasteiger partial charge in [0.25, 0.3) is 0 Å². The Labute approximate surface area is 118 Å². The monoisotopic (exact) mass is 267 g/mol. The van der Waals surface area contributed by atoms with Crippen LogP contribution < -0.4 is 5.32 Å². The molecule has 0 bridgehead atoms. The molecule has 0 unspecified atom stereocenters. The molecule has 0 spiro atoms. The van der Waals surface area contributed by atoms with Gasteiger partial charge in [0.2, 0.25) is 5.91 Å². The molecule has 0 heterocycles. The van der Waals surface area contributed by atoms with Crippen LogP contribution in [0.1, 0.15) is 18.1 Å². The van der Waals surface area contributed by atoms with Gasteiger partial charge < -0.3 is 5.32 Å². The lowest BCUT2D eigenvalue weighted by molar-refractivity contribution is -0.114. The van der Waals surface area contributed by atoms with Crippen LogP contribution in [-0.2, 0) is 4.79 Å². The number of aryl methyl sites for hydroxylation is 2. The molecular formula is C16H17N3O. The first-order valence-corrected chi connectivity index (χ1v) is 6.42. The van der Waals surface area contributed by atoms with Gasteiger partial charge in [0, 0.05) is 12.6 Å². The molecule has 0 fully saturated rings. The first-order valence-electron chi connectivity index (χ1n) is 6.42. The molecule has 0 aromatic heterocycles. The Balaban J connectivity index is 2.20. The van der Waals surface area contributed by atoms with Crippen molar-refractivity contribution in [1.29, 1.82) is 0 Å². The maximum atomic E-state index is 11.0. The van der Waals surface area contributed by atoms with E-state index in [1.807, 2.05) is 56.3 Å². The largest absolute Gasteiger partial charge is 0.326 e. The van der Waals surface area contributed by atoms with Gasteiger partial charge in [0.1, 0.15) is 0 Å². The summed E-state index contributed by atoms with van der Waals surface area (Å²) in [5.74, 6) is -0.0811. The number of benzene rings is 2. The highest BCUT2D eigenvalue weighted by Crippen LogP contribution is 2.25. The predicted octanol–water partition coefficient (Wildman–Crippen LogP) is 4.68. The molecule has 0 aliphatic heterocycles. The summed E-state index contributed by atoms with van der Waals surface area (Å²) in [6, 6.07) is 13.4. The highest BCUT2D eigenvalue weighted by atomic mass is 16.1. The Bertz CT molecular complexity index is 663. The fraction of sp³-hybridized carbons (Fsp3) is 0.188. The molecule has 2 rings (SSSR count). The van der Waals surface area contributed by atoms with Gasteiger partial charge in [-0.2, -0.15) is 10.2 Å². The van der Waals surface area contributed by atoms with Crippen LogP contribution in [0.15, 0.2) is 52.7 Å². The van der Waals surface area contributed by atoms with Crippen LogP contribution in [0.5, 0.6) is 0 Å². The average molecular weight is 267 g/mol. The minimum Gasteiger partial charge on any atom is -0.326 e. The summed E-state index contributed by atoms with van der Waals surface area (Å²) in [4.78, 5) is 11.0. The fourth-order valence-corrected chi connectivity index (χ4v) is 1.83. The van der Waals surface area contributed by atoms with Gasteiger partial charge in [-0.05, 0) is 49.2 Å². The minimum atomic E-state index is -0.0811. The maximum absolute atomic E-state index is 11.0. The van der Waals surface area contributed by atoms with Crippen LogP contribution in [-0.4, -0.2) is 5.91 Å². The summed E-state index contributed by atoms with van der Waals surface area (Å²) in [6.07, 6.45) is 0. The molecule has 20 heavy (non-hydrogen) atoms. The van der Waals surface area contributed by atoms with Crippen LogP contribution >= 0.6 is 0 Å². The number of hydrogen-bond acceptors (Lipinski definition) is 3. The number of amides is 1. The third-order valence-electron chi connectivity index (χ3n) is 2.91. The van der Waals surface area contributed by atoms with Gasteiger partial charge >= 0.3 is 0 Å². The topological polar surface area (TPSA) is 53.8 Å². The quantitative estimate of drug-likeness (QED) is 0.807. The smallest absolute Gasteiger partial charge is 0.221 e. The Hall–Kier alpha value is -2.49. The SMILES string of the molecule is CC(=O)Nc1ccc(N=Nc2ccccc2C)cc1C. The van der Waals surface area contributed by atoms with E-state index in [9.17, 15) is 4.79 Å². The molecule has 0 saturated heterocycles. The lowest BCUT2D eigenvalue weighted by Crippen LogP contribution is -2.06. The average Bonchev–Trinajstić information content (AvgIpc) is 2.40. The highest BCUT2D eigenvalue weighted by molar-refractivity contribution is 5.89. The number of rotatable bonds is 3. The van der Waals surface area contributed by atoms with Crippen LogP contribution in [0.2, 0.25) is 0 Å². The van der Waals surface area contributed by atoms with Crippen molar-refractivity contribution in [2.45, 2.75) is 20.8 Å². The standard InChI is InChI=1S/C16H17N3O/c1-11-6-4-5-7-16(11)19-18-14-8-9-15(12(2)10-14)17-13(3)20/h4-10H,1-3H3,(H,17,20). The van der Waals surface area contributed by atoms with E-state index in [4.69, 9.17) is 0 Å². The zero-order valence-corrected chi connectivity index (χ0v) is 11.8. The third kappa shape index (κ3) is 3.51. The Morgan fingerprint density at radius 2 is 1.75 bits per heavy atom. The molecule has 0 radical (unpaired) electrons. The third-order valence-corrected chi connectivity index (χ3v) is 2.91. The maximum Gasteiger partial charge on any atom is 0.221 e. The first kappa shape index (κ1) is 13.9. The number of carbonyl (C=O) groups excluding carboxylic acids is 1. The molecule has 0 aliphatic rings. The summed E-state index contributed by atoms with van der Waals surface area (Å²) in [6.45, 7) is 5.42. The Morgan fingerprint density at radius 1 is 1.00 bits per heavy atom. The molecule has 2 aromatic rings. The second-order valence-electron chi connectivity index (χ2n) is 4.67. The highest BCUT2D eigenvalue weighted by Gasteiger charge is 2.01. The summed E-state index contributed by atoms with van der Waals surface area (Å²) < 4.78 is 0. The second kappa shape index (κ2) is 6.10. The molecule has 0 atom stereocenters. The number of nitrogens with one attached hydrogen (secondary N) is 1. The molecule has 4 nitrogen and oxygen atoms in total. The van der Waals surface area contributed by atoms with Crippen LogP contribution in [0, 0.1) is 13.8 Å². The van der Waals surface area contributed by atoms with Crippen LogP contribution in [0.25, 0.3) is 0 Å². The minimum absolute atomic E-state index is 0.0811. The van der Waals surface area contributed by atoms with Crippen molar-refractivity contribution in [3.05, 3.63) is 53.6 Å². The van der Waals surface area contributed by atoms with E-state index in [0.29, 0.717) is 0 Å². The number of anilines is 1. The summed E-state index contributed by atoms with van der Waals surface area (Å²) in [5.41, 5.74) is 4.47. The van der Waals surface area contributed by atoms with Crippen molar-refractivity contribution >= 4 is 23.0 Å². The summed E-state index contributed by atoms with van der Waals surface area (Å²) in [5, 5.41) is 11.2. The Morgan fingerprint density at radius 3 is 2.40 bits per heavy atom.